The Morgan fingerprint density at radius 1 is 1.31 bits per heavy atom. The van der Waals surface area contributed by atoms with Crippen LogP contribution < -0.4 is 10.9 Å². The summed E-state index contributed by atoms with van der Waals surface area (Å²) in [5.74, 6) is 0. The van der Waals surface area contributed by atoms with E-state index in [9.17, 15) is 33.0 Å². The van der Waals surface area contributed by atoms with Gasteiger partial charge in [-0.2, -0.15) is 13.2 Å². The summed E-state index contributed by atoms with van der Waals surface area (Å²) in [4.78, 5) is 28.8. The molecule has 1 fully saturated rings. The van der Waals surface area contributed by atoms with Crippen LogP contribution in [0.2, 0.25) is 0 Å². The molecule has 3 aromatic rings. The molecule has 1 amide bonds. The molecule has 0 saturated heterocycles. The lowest BCUT2D eigenvalue weighted by molar-refractivity contribution is -0.141. The van der Waals surface area contributed by atoms with Gasteiger partial charge < -0.3 is 15.5 Å². The van der Waals surface area contributed by atoms with Gasteiger partial charge in [-0.25, -0.2) is 9.78 Å². The van der Waals surface area contributed by atoms with Crippen LogP contribution in [0.1, 0.15) is 25.3 Å². The van der Waals surface area contributed by atoms with Crippen LogP contribution in [0.5, 0.6) is 0 Å². The van der Waals surface area contributed by atoms with Gasteiger partial charge >= 0.3 is 12.3 Å². The van der Waals surface area contributed by atoms with Gasteiger partial charge in [0.1, 0.15) is 11.4 Å². The number of fused-ring (bicyclic) bond motifs is 1. The van der Waals surface area contributed by atoms with Crippen molar-refractivity contribution in [3.8, 4) is 10.4 Å². The van der Waals surface area contributed by atoms with Crippen molar-refractivity contribution in [2.75, 3.05) is 0 Å². The first-order chi connectivity index (χ1) is 14.8. The predicted octanol–water partition coefficient (Wildman–Crippen LogP) is 4.46. The number of nitrogens with zero attached hydrogens (tertiary/aromatic N) is 2. The van der Waals surface area contributed by atoms with Crippen molar-refractivity contribution in [2.24, 2.45) is 0 Å². The van der Waals surface area contributed by atoms with E-state index in [1.54, 1.807) is 31.2 Å². The van der Waals surface area contributed by atoms with E-state index in [2.05, 4.69) is 26.2 Å². The summed E-state index contributed by atoms with van der Waals surface area (Å²) >= 11 is 4.50. The summed E-state index contributed by atoms with van der Waals surface area (Å²) in [6.07, 6.45) is -4.41. The standard InChI is InChI=1S/C20H17BrF3N3O4S/c1-18(31)6-19(7-18,26-17(29)30)11-4-2-10(3-5-11)14-13(21)12-15(32-14)25-9-27(16(12)28)8-20(22,23)24/h2-5,9,26,31H,6-8H2,1H3,(H,29,30)/t18-,19+. The molecular weight excluding hydrogens is 515 g/mol. The summed E-state index contributed by atoms with van der Waals surface area (Å²) in [6, 6.07) is 6.92. The third kappa shape index (κ3) is 4.14. The third-order valence-corrected chi connectivity index (χ3v) is 7.58. The second kappa shape index (κ2) is 7.56. The number of aliphatic hydroxyl groups is 1. The summed E-state index contributed by atoms with van der Waals surface area (Å²) < 4.78 is 39.1. The third-order valence-electron chi connectivity index (χ3n) is 5.38. The number of benzene rings is 1. The Kier molecular flexibility index (Phi) is 5.37. The Hall–Kier alpha value is -2.44. The molecular formula is C20H17BrF3N3O4S. The molecule has 0 spiro atoms. The highest BCUT2D eigenvalue weighted by molar-refractivity contribution is 9.10. The number of thiophene rings is 1. The summed E-state index contributed by atoms with van der Waals surface area (Å²) in [6.45, 7) is 0.208. The molecule has 2 aromatic heterocycles. The highest BCUT2D eigenvalue weighted by Crippen LogP contribution is 2.49. The number of halogens is 4. The maximum absolute atomic E-state index is 12.7. The molecule has 2 heterocycles. The summed E-state index contributed by atoms with van der Waals surface area (Å²) in [5, 5.41) is 21.9. The fourth-order valence-corrected chi connectivity index (χ4v) is 6.23. The normalized spacial score (nSPS) is 23.2. The maximum atomic E-state index is 12.7. The molecule has 0 bridgehead atoms. The average molecular weight is 532 g/mol. The Morgan fingerprint density at radius 2 is 1.94 bits per heavy atom. The van der Waals surface area contributed by atoms with Crippen LogP contribution in [-0.4, -0.2) is 37.6 Å². The molecule has 0 unspecified atom stereocenters. The van der Waals surface area contributed by atoms with Crippen molar-refractivity contribution in [2.45, 2.75) is 43.6 Å². The maximum Gasteiger partial charge on any atom is 0.406 e. The van der Waals surface area contributed by atoms with Crippen LogP contribution in [0, 0.1) is 0 Å². The zero-order chi connectivity index (χ0) is 23.5. The SMILES string of the molecule is C[C@]1(O)C[C@](NC(=O)O)(c2ccc(-c3sc4ncn(CC(F)(F)F)c(=O)c4c3Br)cc2)C1. The number of hydrogen-bond donors (Lipinski definition) is 3. The van der Waals surface area contributed by atoms with Crippen LogP contribution in [0.3, 0.4) is 0 Å². The molecule has 0 atom stereocenters. The first-order valence-corrected chi connectivity index (χ1v) is 11.0. The molecule has 1 aliphatic carbocycles. The van der Waals surface area contributed by atoms with E-state index in [0.717, 1.165) is 17.7 Å². The van der Waals surface area contributed by atoms with Gasteiger partial charge in [0.25, 0.3) is 5.56 Å². The lowest BCUT2D eigenvalue weighted by Gasteiger charge is -2.51. The van der Waals surface area contributed by atoms with Crippen LogP contribution >= 0.6 is 27.3 Å². The molecule has 0 radical (unpaired) electrons. The monoisotopic (exact) mass is 531 g/mol. The fraction of sp³-hybridized carbons (Fsp3) is 0.350. The van der Waals surface area contributed by atoms with E-state index in [1.165, 1.54) is 0 Å². The zero-order valence-corrected chi connectivity index (χ0v) is 18.9. The highest BCUT2D eigenvalue weighted by atomic mass is 79.9. The lowest BCUT2D eigenvalue weighted by Crippen LogP contribution is -2.61. The van der Waals surface area contributed by atoms with Crippen LogP contribution in [0.25, 0.3) is 20.7 Å². The Morgan fingerprint density at radius 3 is 2.47 bits per heavy atom. The molecule has 1 aromatic carbocycles. The van der Waals surface area contributed by atoms with Gasteiger partial charge in [-0.05, 0) is 34.0 Å². The lowest BCUT2D eigenvalue weighted by atomic mass is 9.62. The molecule has 3 N–H and O–H groups in total. The Balaban J connectivity index is 1.71. The van der Waals surface area contributed by atoms with Gasteiger partial charge in [-0.1, -0.05) is 24.3 Å². The predicted molar refractivity (Wildman–Crippen MR) is 116 cm³/mol. The first kappa shape index (κ1) is 22.7. The number of aromatic nitrogens is 2. The van der Waals surface area contributed by atoms with Crippen molar-refractivity contribution in [1.82, 2.24) is 14.9 Å². The minimum Gasteiger partial charge on any atom is -0.465 e. The zero-order valence-electron chi connectivity index (χ0n) is 16.5. The number of carboxylic acid groups (broad SMARTS) is 1. The molecule has 12 heteroatoms. The topological polar surface area (TPSA) is 104 Å². The minimum atomic E-state index is -4.55. The molecule has 0 aliphatic heterocycles. The molecule has 1 saturated carbocycles. The number of carbonyl (C=O) groups is 1. The van der Waals surface area contributed by atoms with Gasteiger partial charge in [0.2, 0.25) is 0 Å². The van der Waals surface area contributed by atoms with Crippen LogP contribution in [0.15, 0.2) is 39.9 Å². The molecule has 170 valence electrons. The van der Waals surface area contributed by atoms with Gasteiger partial charge in [-0.15, -0.1) is 11.3 Å². The van der Waals surface area contributed by atoms with Crippen molar-refractivity contribution in [3.63, 3.8) is 0 Å². The fourth-order valence-electron chi connectivity index (χ4n) is 4.24. The second-order valence-electron chi connectivity index (χ2n) is 8.16. The average Bonchev–Trinajstić information content (AvgIpc) is 2.98. The molecule has 1 aliphatic rings. The van der Waals surface area contributed by atoms with Crippen molar-refractivity contribution < 1.29 is 28.2 Å². The van der Waals surface area contributed by atoms with Gasteiger partial charge in [0, 0.05) is 12.8 Å². The molecule has 7 nitrogen and oxygen atoms in total. The van der Waals surface area contributed by atoms with Crippen LogP contribution in [-0.2, 0) is 12.1 Å². The van der Waals surface area contributed by atoms with E-state index >= 15 is 0 Å². The van der Waals surface area contributed by atoms with E-state index in [4.69, 9.17) is 0 Å². The summed E-state index contributed by atoms with van der Waals surface area (Å²) in [7, 11) is 0. The van der Waals surface area contributed by atoms with Gasteiger partial charge in [-0.3, -0.25) is 9.36 Å². The van der Waals surface area contributed by atoms with Crippen molar-refractivity contribution in [1.29, 1.82) is 0 Å². The molecule has 4 rings (SSSR count). The van der Waals surface area contributed by atoms with E-state index in [-0.39, 0.29) is 18.2 Å². The number of amides is 1. The Labute approximate surface area is 191 Å². The molecule has 32 heavy (non-hydrogen) atoms. The minimum absolute atomic E-state index is 0.0693. The van der Waals surface area contributed by atoms with E-state index in [0.29, 0.717) is 29.9 Å². The van der Waals surface area contributed by atoms with Crippen molar-refractivity contribution in [3.05, 3.63) is 51.0 Å². The number of rotatable bonds is 4. The quantitative estimate of drug-likeness (QED) is 0.461. The number of hydrogen-bond acceptors (Lipinski definition) is 5. The number of nitrogens with one attached hydrogen (secondary N) is 1. The largest absolute Gasteiger partial charge is 0.465 e. The summed E-state index contributed by atoms with van der Waals surface area (Å²) in [5.41, 5.74) is -1.31. The first-order valence-electron chi connectivity index (χ1n) is 9.39. The number of alkyl halides is 3. The van der Waals surface area contributed by atoms with Crippen molar-refractivity contribution >= 4 is 43.6 Å². The van der Waals surface area contributed by atoms with Gasteiger partial charge in [0.15, 0.2) is 0 Å². The van der Waals surface area contributed by atoms with Gasteiger partial charge in [0.05, 0.1) is 32.2 Å². The Bertz CT molecular complexity index is 1260. The van der Waals surface area contributed by atoms with E-state index < -0.39 is 35.5 Å². The van der Waals surface area contributed by atoms with E-state index in [1.807, 2.05) is 0 Å². The smallest absolute Gasteiger partial charge is 0.406 e. The van der Waals surface area contributed by atoms with Crippen LogP contribution in [0.4, 0.5) is 18.0 Å². The second-order valence-corrected chi connectivity index (χ2v) is 9.95. The highest BCUT2D eigenvalue weighted by Gasteiger charge is 2.53.